The van der Waals surface area contributed by atoms with Crippen molar-refractivity contribution >= 4 is 22.5 Å². The Bertz CT molecular complexity index is 856. The number of aryl methyl sites for hydroxylation is 1. The van der Waals surface area contributed by atoms with E-state index in [1.54, 1.807) is 6.07 Å². The Morgan fingerprint density at radius 2 is 2.20 bits per heavy atom. The lowest BCUT2D eigenvalue weighted by Crippen LogP contribution is -2.18. The van der Waals surface area contributed by atoms with Crippen LogP contribution in [0.15, 0.2) is 41.5 Å². The van der Waals surface area contributed by atoms with Gasteiger partial charge < -0.3 is 10.7 Å². The Morgan fingerprint density at radius 1 is 1.40 bits per heavy atom. The highest BCUT2D eigenvalue weighted by atomic mass is 16.2. The molecule has 1 aromatic carbocycles. The molecule has 0 radical (unpaired) electrons. The molecule has 100 valence electrons. The van der Waals surface area contributed by atoms with Gasteiger partial charge in [-0.15, -0.1) is 0 Å². The lowest BCUT2D eigenvalue weighted by molar-refractivity contribution is 0.0958. The molecule has 0 bridgehead atoms. The smallest absolute Gasteiger partial charge is 0.282 e. The van der Waals surface area contributed by atoms with Crippen LogP contribution in [0.25, 0.3) is 10.9 Å². The van der Waals surface area contributed by atoms with Crippen LogP contribution >= 0.6 is 0 Å². The number of aromatic nitrogens is 3. The summed E-state index contributed by atoms with van der Waals surface area (Å²) in [6, 6.07) is 7.36. The average molecular weight is 268 g/mol. The second kappa shape index (κ2) is 4.34. The fraction of sp³-hybridized carbons (Fsp3) is 0.0714. The van der Waals surface area contributed by atoms with Crippen molar-refractivity contribution in [2.24, 2.45) is 0 Å². The van der Waals surface area contributed by atoms with Crippen LogP contribution in [-0.2, 0) is 0 Å². The molecule has 3 rings (SSSR count). The van der Waals surface area contributed by atoms with E-state index >= 15 is 0 Å². The number of benzene rings is 1. The first-order valence-electron chi connectivity index (χ1n) is 6.04. The number of aromatic amines is 1. The average Bonchev–Trinajstić information content (AvgIpc) is 2.76. The van der Waals surface area contributed by atoms with Gasteiger partial charge in [-0.2, -0.15) is 0 Å². The number of hydrogen-bond donors (Lipinski definition) is 2. The maximum atomic E-state index is 12.5. The van der Waals surface area contributed by atoms with Crippen molar-refractivity contribution in [3.05, 3.63) is 58.4 Å². The molecule has 0 unspecified atom stereocenters. The molecule has 0 fully saturated rings. The summed E-state index contributed by atoms with van der Waals surface area (Å²) in [6.45, 7) is 1.82. The zero-order chi connectivity index (χ0) is 14.3. The second-order valence-electron chi connectivity index (χ2n) is 4.51. The van der Waals surface area contributed by atoms with Gasteiger partial charge in [-0.3, -0.25) is 14.2 Å². The van der Waals surface area contributed by atoms with Crippen LogP contribution in [0.2, 0.25) is 0 Å². The van der Waals surface area contributed by atoms with Gasteiger partial charge in [0.1, 0.15) is 5.69 Å². The SMILES string of the molecule is Cc1cc2cccc(N)c2n1C(=O)c1c[nH]c(=O)cn1. The van der Waals surface area contributed by atoms with Crippen molar-refractivity contribution in [2.45, 2.75) is 6.92 Å². The molecule has 2 aromatic heterocycles. The third kappa shape index (κ3) is 1.78. The van der Waals surface area contributed by atoms with Crippen molar-refractivity contribution in [3.8, 4) is 0 Å². The predicted molar refractivity (Wildman–Crippen MR) is 75.7 cm³/mol. The van der Waals surface area contributed by atoms with Gasteiger partial charge in [0, 0.05) is 17.3 Å². The Kier molecular flexibility index (Phi) is 2.64. The molecule has 20 heavy (non-hydrogen) atoms. The van der Waals surface area contributed by atoms with Crippen LogP contribution < -0.4 is 11.3 Å². The van der Waals surface area contributed by atoms with E-state index in [4.69, 9.17) is 5.73 Å². The molecule has 6 nitrogen and oxygen atoms in total. The van der Waals surface area contributed by atoms with Gasteiger partial charge in [-0.05, 0) is 19.1 Å². The summed E-state index contributed by atoms with van der Waals surface area (Å²) in [5, 5.41) is 0.889. The number of nitrogens with one attached hydrogen (secondary N) is 1. The molecule has 0 aliphatic heterocycles. The summed E-state index contributed by atoms with van der Waals surface area (Å²) >= 11 is 0. The number of fused-ring (bicyclic) bond motifs is 1. The lowest BCUT2D eigenvalue weighted by atomic mass is 10.2. The summed E-state index contributed by atoms with van der Waals surface area (Å²) in [5.74, 6) is -0.327. The highest BCUT2D eigenvalue weighted by molar-refractivity contribution is 6.04. The van der Waals surface area contributed by atoms with Gasteiger partial charge in [0.25, 0.3) is 11.5 Å². The van der Waals surface area contributed by atoms with E-state index < -0.39 is 0 Å². The maximum Gasteiger partial charge on any atom is 0.282 e. The molecule has 0 atom stereocenters. The Balaban J connectivity index is 2.24. The first-order chi connectivity index (χ1) is 9.58. The number of carbonyl (C=O) groups excluding carboxylic acids is 1. The van der Waals surface area contributed by atoms with E-state index in [0.717, 1.165) is 17.3 Å². The predicted octanol–water partition coefficient (Wildman–Crippen LogP) is 1.30. The Hall–Kier alpha value is -2.89. The number of anilines is 1. The largest absolute Gasteiger partial charge is 0.397 e. The van der Waals surface area contributed by atoms with Gasteiger partial charge in [0.2, 0.25) is 0 Å². The van der Waals surface area contributed by atoms with Crippen LogP contribution in [0.3, 0.4) is 0 Å². The molecular formula is C14H12N4O2. The number of para-hydroxylation sites is 1. The normalized spacial score (nSPS) is 10.8. The third-order valence-electron chi connectivity index (χ3n) is 3.13. The van der Waals surface area contributed by atoms with Crippen molar-refractivity contribution in [1.29, 1.82) is 0 Å². The van der Waals surface area contributed by atoms with Crippen LogP contribution in [0.1, 0.15) is 16.2 Å². The van der Waals surface area contributed by atoms with E-state index in [0.29, 0.717) is 11.2 Å². The minimum Gasteiger partial charge on any atom is -0.397 e. The van der Waals surface area contributed by atoms with E-state index in [1.165, 1.54) is 10.8 Å². The first-order valence-corrected chi connectivity index (χ1v) is 6.04. The molecular weight excluding hydrogens is 256 g/mol. The number of carbonyl (C=O) groups is 1. The van der Waals surface area contributed by atoms with E-state index in [2.05, 4.69) is 9.97 Å². The summed E-state index contributed by atoms with van der Waals surface area (Å²) < 4.78 is 1.51. The van der Waals surface area contributed by atoms with Crippen LogP contribution in [0.5, 0.6) is 0 Å². The molecule has 2 heterocycles. The molecule has 3 N–H and O–H groups in total. The highest BCUT2D eigenvalue weighted by Gasteiger charge is 2.17. The Morgan fingerprint density at radius 3 is 2.90 bits per heavy atom. The topological polar surface area (TPSA) is 93.8 Å². The second-order valence-corrected chi connectivity index (χ2v) is 4.51. The summed E-state index contributed by atoms with van der Waals surface area (Å²) in [6.07, 6.45) is 2.38. The van der Waals surface area contributed by atoms with Gasteiger partial charge in [-0.1, -0.05) is 12.1 Å². The molecule has 0 aliphatic carbocycles. The zero-order valence-corrected chi connectivity index (χ0v) is 10.8. The summed E-state index contributed by atoms with van der Waals surface area (Å²) in [7, 11) is 0. The number of nitrogens with zero attached hydrogens (tertiary/aromatic N) is 2. The van der Waals surface area contributed by atoms with Crippen LogP contribution in [0.4, 0.5) is 5.69 Å². The van der Waals surface area contributed by atoms with E-state index in [-0.39, 0.29) is 17.2 Å². The standard InChI is InChI=1S/C14H12N4O2/c1-8-5-9-3-2-4-10(15)13(9)18(8)14(20)11-6-17-12(19)7-16-11/h2-7H,15H2,1H3,(H,17,19). The van der Waals surface area contributed by atoms with E-state index in [1.807, 2.05) is 25.1 Å². The molecule has 0 spiro atoms. The van der Waals surface area contributed by atoms with Crippen molar-refractivity contribution < 1.29 is 4.79 Å². The highest BCUT2D eigenvalue weighted by Crippen LogP contribution is 2.25. The maximum absolute atomic E-state index is 12.5. The fourth-order valence-corrected chi connectivity index (χ4v) is 2.26. The van der Waals surface area contributed by atoms with Crippen molar-refractivity contribution in [3.63, 3.8) is 0 Å². The molecule has 6 heteroatoms. The van der Waals surface area contributed by atoms with Gasteiger partial charge in [0.15, 0.2) is 0 Å². The van der Waals surface area contributed by atoms with Crippen molar-refractivity contribution in [1.82, 2.24) is 14.5 Å². The minimum absolute atomic E-state index is 0.161. The summed E-state index contributed by atoms with van der Waals surface area (Å²) in [4.78, 5) is 29.8. The van der Waals surface area contributed by atoms with Gasteiger partial charge >= 0.3 is 0 Å². The first kappa shape index (κ1) is 12.2. The quantitative estimate of drug-likeness (QED) is 0.650. The number of nitrogens with two attached hydrogens (primary N) is 1. The van der Waals surface area contributed by atoms with Crippen LogP contribution in [0, 0.1) is 6.92 Å². The van der Waals surface area contributed by atoms with Gasteiger partial charge in [-0.25, -0.2) is 4.98 Å². The molecule has 0 amide bonds. The number of hydrogen-bond acceptors (Lipinski definition) is 4. The zero-order valence-electron chi connectivity index (χ0n) is 10.8. The Labute approximate surface area is 113 Å². The summed E-state index contributed by atoms with van der Waals surface area (Å²) in [5.41, 5.74) is 7.71. The third-order valence-corrected chi connectivity index (χ3v) is 3.13. The molecule has 3 aromatic rings. The lowest BCUT2D eigenvalue weighted by Gasteiger charge is -2.07. The molecule has 0 saturated carbocycles. The monoisotopic (exact) mass is 268 g/mol. The molecule has 0 saturated heterocycles. The number of H-pyrrole nitrogens is 1. The molecule has 0 aliphatic rings. The number of nitrogen functional groups attached to an aromatic ring is 1. The van der Waals surface area contributed by atoms with Gasteiger partial charge in [0.05, 0.1) is 17.4 Å². The fourth-order valence-electron chi connectivity index (χ4n) is 2.26. The minimum atomic E-state index is -0.352. The van der Waals surface area contributed by atoms with E-state index in [9.17, 15) is 9.59 Å². The van der Waals surface area contributed by atoms with Crippen molar-refractivity contribution in [2.75, 3.05) is 5.73 Å². The van der Waals surface area contributed by atoms with Crippen LogP contribution in [-0.4, -0.2) is 20.4 Å². The number of rotatable bonds is 1.